The van der Waals surface area contributed by atoms with Gasteiger partial charge in [0, 0.05) is 37.4 Å². The van der Waals surface area contributed by atoms with Crippen molar-refractivity contribution in [2.45, 2.75) is 107 Å². The first-order valence-corrected chi connectivity index (χ1v) is 20.0. The fourth-order valence-electron chi connectivity index (χ4n) is 7.49. The van der Waals surface area contributed by atoms with E-state index in [2.05, 4.69) is 26.9 Å². The van der Waals surface area contributed by atoms with Gasteiger partial charge in [0.05, 0.1) is 16.8 Å². The Labute approximate surface area is 315 Å². The molecule has 4 aliphatic rings. The monoisotopic (exact) mass is 769 g/mol. The van der Waals surface area contributed by atoms with Crippen molar-refractivity contribution in [2.75, 3.05) is 13.7 Å². The molecule has 3 N–H and O–H groups in total. The fraction of sp³-hybridized carbons (Fsp3) is 0.553. The lowest BCUT2D eigenvalue weighted by Gasteiger charge is -2.36. The number of nitrogens with one attached hydrogen (secondary N) is 3. The van der Waals surface area contributed by atoms with Gasteiger partial charge in [-0.05, 0) is 67.6 Å². The number of amides is 4. The van der Waals surface area contributed by atoms with E-state index in [1.807, 2.05) is 45.0 Å². The molecular weight excluding hydrogens is 722 g/mol. The Bertz CT molecular complexity index is 1870. The predicted octanol–water partition coefficient (Wildman–Crippen LogP) is 4.60. The third-order valence-corrected chi connectivity index (χ3v) is 13.0. The lowest BCUT2D eigenvalue weighted by molar-refractivity contribution is -0.143. The summed E-state index contributed by atoms with van der Waals surface area (Å²) in [6.07, 6.45) is 8.27. The number of benzene rings is 1. The minimum atomic E-state index is -3.91. The molecule has 2 heterocycles. The van der Waals surface area contributed by atoms with E-state index in [0.717, 1.165) is 36.8 Å². The van der Waals surface area contributed by atoms with Gasteiger partial charge in [0.2, 0.25) is 21.8 Å². The summed E-state index contributed by atoms with van der Waals surface area (Å²) in [5.74, 6) is -2.57. The Kier molecular flexibility index (Phi) is 10.7. The van der Waals surface area contributed by atoms with E-state index >= 15 is 0 Å². The van der Waals surface area contributed by atoms with Crippen molar-refractivity contribution in [1.82, 2.24) is 25.2 Å². The third kappa shape index (κ3) is 8.09. The highest BCUT2D eigenvalue weighted by Crippen LogP contribution is 2.47. The number of aromatic nitrogens is 1. The Hall–Kier alpha value is -4.01. The molecule has 3 saturated carbocycles. The minimum Gasteiger partial charge on any atom is -0.446 e. The smallest absolute Gasteiger partial charge is 0.408 e. The van der Waals surface area contributed by atoms with Gasteiger partial charge in [-0.3, -0.25) is 24.1 Å². The second-order valence-corrected chi connectivity index (χ2v) is 18.2. The molecule has 4 amide bonds. The highest BCUT2D eigenvalue weighted by Gasteiger charge is 2.62. The molecule has 0 spiro atoms. The van der Waals surface area contributed by atoms with Gasteiger partial charge in [0.15, 0.2) is 0 Å². The predicted molar refractivity (Wildman–Crippen MR) is 198 cm³/mol. The maximum absolute atomic E-state index is 14.7. The van der Waals surface area contributed by atoms with Crippen molar-refractivity contribution in [3.05, 3.63) is 66.0 Å². The van der Waals surface area contributed by atoms with Crippen molar-refractivity contribution in [1.29, 1.82) is 0 Å². The number of nitrogens with zero attached hydrogens (tertiary/aromatic N) is 2. The van der Waals surface area contributed by atoms with Crippen molar-refractivity contribution >= 4 is 45.4 Å². The first-order valence-electron chi connectivity index (χ1n) is 18.1. The van der Waals surface area contributed by atoms with Gasteiger partial charge in [-0.15, -0.1) is 6.58 Å². The topological polar surface area (TPSA) is 173 Å². The number of rotatable bonds is 12. The number of ether oxygens (including phenoxy) is 2. The largest absolute Gasteiger partial charge is 0.446 e. The zero-order valence-corrected chi connectivity index (χ0v) is 32.1. The summed E-state index contributed by atoms with van der Waals surface area (Å²) in [6, 6.07) is 6.98. The van der Waals surface area contributed by atoms with E-state index in [9.17, 15) is 27.6 Å². The summed E-state index contributed by atoms with van der Waals surface area (Å²) in [7, 11) is -2.40. The van der Waals surface area contributed by atoms with Gasteiger partial charge in [0.25, 0.3) is 5.91 Å². The molecule has 0 bridgehead atoms. The second-order valence-electron chi connectivity index (χ2n) is 15.8. The van der Waals surface area contributed by atoms with E-state index in [0.29, 0.717) is 23.4 Å². The van der Waals surface area contributed by atoms with Crippen LogP contribution in [0, 0.1) is 11.3 Å². The van der Waals surface area contributed by atoms with Crippen LogP contribution in [-0.2, 0) is 39.5 Å². The van der Waals surface area contributed by atoms with Crippen LogP contribution in [0.3, 0.4) is 0 Å². The molecule has 5 atom stereocenters. The van der Waals surface area contributed by atoms with Gasteiger partial charge in [-0.2, -0.15) is 0 Å². The quantitative estimate of drug-likeness (QED) is 0.261. The van der Waals surface area contributed by atoms with E-state index in [1.165, 1.54) is 18.1 Å². The molecule has 13 nitrogen and oxygen atoms in total. The SMILES string of the molecule is C=C[C@@H]1C[C@]1(NC(=O)[C@@H]1C[C@@](OC)(c2ccc(-c3cncc(Cl)c3)cc2)CN1C(=O)[C@@H](NC(=O)OC1CCCC1)C(C)(C)C)C(=O)NS(=O)(=O)C1CC1. The number of carbonyl (C=O) groups excluding carboxylic acids is 4. The van der Waals surface area contributed by atoms with Crippen LogP contribution < -0.4 is 15.4 Å². The van der Waals surface area contributed by atoms with Gasteiger partial charge in [-0.25, -0.2) is 13.2 Å². The minimum absolute atomic E-state index is 0.000643. The summed E-state index contributed by atoms with van der Waals surface area (Å²) >= 11 is 6.18. The van der Waals surface area contributed by atoms with Crippen LogP contribution in [0.2, 0.25) is 5.02 Å². The number of hydrogen-bond acceptors (Lipinski definition) is 9. The number of pyridine rings is 1. The Morgan fingerprint density at radius 2 is 1.72 bits per heavy atom. The zero-order valence-electron chi connectivity index (χ0n) is 30.5. The maximum Gasteiger partial charge on any atom is 0.408 e. The molecule has 53 heavy (non-hydrogen) atoms. The van der Waals surface area contributed by atoms with Crippen LogP contribution in [-0.4, -0.2) is 84.7 Å². The normalized spacial score (nSPS) is 26.4. The molecule has 1 saturated heterocycles. The molecule has 1 aromatic carbocycles. The zero-order chi connectivity index (χ0) is 38.3. The van der Waals surface area contributed by atoms with Crippen molar-refractivity contribution in [3.8, 4) is 11.1 Å². The lowest BCUT2D eigenvalue weighted by atomic mass is 9.85. The molecule has 1 aliphatic heterocycles. The molecule has 15 heteroatoms. The number of alkyl carbamates (subject to hydrolysis) is 1. The van der Waals surface area contributed by atoms with Gasteiger partial charge in [0.1, 0.15) is 29.3 Å². The maximum atomic E-state index is 14.7. The van der Waals surface area contributed by atoms with Crippen molar-refractivity contribution in [2.24, 2.45) is 11.3 Å². The van der Waals surface area contributed by atoms with E-state index in [4.69, 9.17) is 21.1 Å². The Balaban J connectivity index is 1.32. The Morgan fingerprint density at radius 3 is 2.28 bits per heavy atom. The molecule has 3 aliphatic carbocycles. The summed E-state index contributed by atoms with van der Waals surface area (Å²) in [5.41, 5.74) is -1.22. The summed E-state index contributed by atoms with van der Waals surface area (Å²) in [5, 5.41) is 5.45. The van der Waals surface area contributed by atoms with Crippen LogP contribution >= 0.6 is 11.6 Å². The van der Waals surface area contributed by atoms with E-state index in [1.54, 1.807) is 18.5 Å². The van der Waals surface area contributed by atoms with Crippen LogP contribution in [0.4, 0.5) is 4.79 Å². The number of hydrogen-bond donors (Lipinski definition) is 3. The highest BCUT2D eigenvalue weighted by atomic mass is 35.5. The number of sulfonamides is 1. The average Bonchev–Trinajstić information content (AvgIpc) is 4.00. The van der Waals surface area contributed by atoms with E-state index < -0.39 is 73.6 Å². The number of halogens is 1. The molecule has 286 valence electrons. The first-order chi connectivity index (χ1) is 25.0. The van der Waals surface area contributed by atoms with Crippen LogP contribution in [0.5, 0.6) is 0 Å². The number of carbonyl (C=O) groups is 4. The highest BCUT2D eigenvalue weighted by molar-refractivity contribution is 7.91. The third-order valence-electron chi connectivity index (χ3n) is 11.0. The molecule has 2 aromatic rings. The van der Waals surface area contributed by atoms with Gasteiger partial charge in [-0.1, -0.05) is 62.7 Å². The molecular formula is C38H48ClN5O8S. The molecule has 1 aromatic heterocycles. The van der Waals surface area contributed by atoms with Gasteiger partial charge < -0.3 is 25.0 Å². The fourth-order valence-corrected chi connectivity index (χ4v) is 9.03. The van der Waals surface area contributed by atoms with Crippen molar-refractivity contribution in [3.63, 3.8) is 0 Å². The van der Waals surface area contributed by atoms with Crippen LogP contribution in [0.25, 0.3) is 11.1 Å². The number of likely N-dealkylation sites (tertiary alicyclic amines) is 1. The summed E-state index contributed by atoms with van der Waals surface area (Å²) in [4.78, 5) is 61.4. The molecule has 6 rings (SSSR count). The second kappa shape index (κ2) is 14.7. The average molecular weight is 770 g/mol. The molecule has 0 unspecified atom stereocenters. The van der Waals surface area contributed by atoms with Crippen LogP contribution in [0.15, 0.2) is 55.4 Å². The molecule has 0 radical (unpaired) electrons. The summed E-state index contributed by atoms with van der Waals surface area (Å²) < 4.78 is 39.5. The standard InChI is InChI=1S/C38H48ClN5O8S/c1-6-25-18-38(25,34(47)43-53(49,50)29-15-16-29)42-32(45)30-19-37(51-5,26-13-11-23(12-14-26)24-17-27(39)21-40-20-24)22-44(30)33(46)31(36(2,3)4)41-35(48)52-28-9-7-8-10-28/h6,11-14,17,20-21,25,28-31H,1,7-10,15-16,18-19,22H2,2-5H3,(H,41,48)(H,42,45)(H,43,47)/t25-,30+,31-,37+,38-/m1/s1. The Morgan fingerprint density at radius 1 is 1.04 bits per heavy atom. The van der Waals surface area contributed by atoms with E-state index in [-0.39, 0.29) is 25.5 Å². The van der Waals surface area contributed by atoms with Crippen LogP contribution in [0.1, 0.15) is 77.7 Å². The molecule has 4 fully saturated rings. The number of methoxy groups -OCH3 is 1. The first kappa shape index (κ1) is 38.7. The van der Waals surface area contributed by atoms with Crippen molar-refractivity contribution < 1.29 is 37.1 Å². The van der Waals surface area contributed by atoms with Gasteiger partial charge >= 0.3 is 6.09 Å². The summed E-state index contributed by atoms with van der Waals surface area (Å²) in [6.45, 7) is 9.15. The lowest BCUT2D eigenvalue weighted by Crippen LogP contribution is -2.60.